The van der Waals surface area contributed by atoms with Crippen molar-refractivity contribution in [2.24, 2.45) is 5.41 Å². The molecule has 4 rings (SSSR count). The Hall–Kier alpha value is -5.62. The number of aliphatic hydroxyl groups excluding tert-OH is 1. The highest BCUT2D eigenvalue weighted by Gasteiger charge is 2.47. The van der Waals surface area contributed by atoms with Crippen molar-refractivity contribution in [2.75, 3.05) is 26.3 Å². The molecule has 4 N–H and O–H groups in total. The van der Waals surface area contributed by atoms with Gasteiger partial charge in [0.15, 0.2) is 0 Å². The van der Waals surface area contributed by atoms with Gasteiger partial charge in [-0.1, -0.05) is 63.3 Å². The Balaban J connectivity index is 1.62. The molecule has 0 radical (unpaired) electrons. The van der Waals surface area contributed by atoms with Crippen LogP contribution in [0.2, 0.25) is 25.7 Å². The van der Waals surface area contributed by atoms with Crippen LogP contribution in [-0.4, -0.2) is 108 Å². The molecule has 0 spiro atoms. The minimum absolute atomic E-state index is 0.0315. The van der Waals surface area contributed by atoms with Crippen molar-refractivity contribution in [3.8, 4) is 11.1 Å². The number of carbonyl (C=O) groups is 6. The van der Waals surface area contributed by atoms with E-state index in [1.54, 1.807) is 53.8 Å². The second kappa shape index (κ2) is 24.3. The molecule has 3 aromatic rings. The third-order valence-electron chi connectivity index (χ3n) is 11.7. The van der Waals surface area contributed by atoms with Crippen LogP contribution in [-0.2, 0) is 44.7 Å². The first-order valence-corrected chi connectivity index (χ1v) is 27.4. The molecule has 18 heteroatoms. The summed E-state index contributed by atoms with van der Waals surface area (Å²) >= 11 is 0. The average molecular weight is 982 g/mol. The van der Waals surface area contributed by atoms with Gasteiger partial charge in [-0.05, 0) is 109 Å². The van der Waals surface area contributed by atoms with Gasteiger partial charge >= 0.3 is 18.0 Å². The van der Waals surface area contributed by atoms with Crippen LogP contribution in [0.1, 0.15) is 111 Å². The monoisotopic (exact) mass is 982 g/mol. The van der Waals surface area contributed by atoms with Crippen LogP contribution in [0.5, 0.6) is 0 Å². The van der Waals surface area contributed by atoms with Crippen molar-refractivity contribution in [3.63, 3.8) is 0 Å². The summed E-state index contributed by atoms with van der Waals surface area (Å²) in [5.74, 6) is -4.55. The largest absolute Gasteiger partial charge is 0.460 e. The third-order valence-corrected chi connectivity index (χ3v) is 13.4. The molecule has 1 aromatic heterocycles. The molecule has 15 nitrogen and oxygen atoms in total. The standard InChI is InChI=1S/C51H73F2N5O10Si/c1-49(2,3)67-44(62)20-19-40(47(64)68-50(4,5)6)55-42(60)21-25-54-46(63)39(56-48(65)66-27-28-69(8,9)10)22-26-58(43(61)33-59)45(51(7)23-14-24-51)41-29-35(37-30-36(52)17-18-38(37)53)32-57(41)31-34-15-12-11-13-16-34/h11-13,15-18,29-30,32,39-40,45,59H,14,19-28,31,33H2,1-10H3,(H,54,63)(H,55,60)(H,56,65)/t39-,40+,45-/m0/s1. The van der Waals surface area contributed by atoms with Crippen molar-refractivity contribution in [1.29, 1.82) is 0 Å². The second-order valence-corrected chi connectivity index (χ2v) is 26.9. The van der Waals surface area contributed by atoms with E-state index in [9.17, 15) is 38.3 Å². The first-order chi connectivity index (χ1) is 32.2. The molecule has 69 heavy (non-hydrogen) atoms. The van der Waals surface area contributed by atoms with Crippen molar-refractivity contribution in [3.05, 3.63) is 83.7 Å². The van der Waals surface area contributed by atoms with Gasteiger partial charge in [0.05, 0.1) is 12.6 Å². The van der Waals surface area contributed by atoms with Crippen LogP contribution >= 0.6 is 0 Å². The summed E-state index contributed by atoms with van der Waals surface area (Å²) in [5.41, 5.74) is -0.275. The molecule has 4 amide bonds. The van der Waals surface area contributed by atoms with Gasteiger partial charge in [0, 0.05) is 63.6 Å². The van der Waals surface area contributed by atoms with Crippen LogP contribution in [0.15, 0.2) is 60.8 Å². The van der Waals surface area contributed by atoms with E-state index < -0.39 is 96.8 Å². The summed E-state index contributed by atoms with van der Waals surface area (Å²) < 4.78 is 48.2. The smallest absolute Gasteiger partial charge is 0.407 e. The number of nitrogens with one attached hydrogen (secondary N) is 3. The number of esters is 2. The molecule has 0 saturated heterocycles. The van der Waals surface area contributed by atoms with Gasteiger partial charge in [0.2, 0.25) is 17.7 Å². The normalized spacial score (nSPS) is 14.9. The van der Waals surface area contributed by atoms with Gasteiger partial charge < -0.3 is 44.7 Å². The number of alkyl carbamates (subject to hydrolysis) is 1. The number of aromatic nitrogens is 1. The van der Waals surface area contributed by atoms with E-state index in [0.717, 1.165) is 30.2 Å². The van der Waals surface area contributed by atoms with Crippen molar-refractivity contribution < 1.29 is 56.9 Å². The Morgan fingerprint density at radius 3 is 2.13 bits per heavy atom. The molecule has 2 aromatic carbocycles. The number of halogens is 2. The zero-order valence-corrected chi connectivity index (χ0v) is 43.0. The highest BCUT2D eigenvalue weighted by Crippen LogP contribution is 2.53. The number of benzene rings is 2. The van der Waals surface area contributed by atoms with E-state index in [2.05, 4.69) is 35.6 Å². The molecule has 1 heterocycles. The SMILES string of the molecule is CC(C)(C)OC(=O)CC[C@@H](NC(=O)CCNC(=O)[C@H](CCN(C(=O)CO)[C@@H](c1cc(-c2cc(F)ccc2F)cn1Cc1ccccc1)C1(C)CCC1)NC(=O)OCC[Si](C)(C)C)C(=O)OC(C)(C)C. The Bertz CT molecular complexity index is 2250. The molecule has 3 atom stereocenters. The molecule has 1 aliphatic carbocycles. The lowest BCUT2D eigenvalue weighted by Gasteiger charge is -2.50. The van der Waals surface area contributed by atoms with Gasteiger partial charge in [0.1, 0.15) is 41.5 Å². The molecule has 1 aliphatic rings. The Labute approximate surface area is 406 Å². The summed E-state index contributed by atoms with van der Waals surface area (Å²) in [4.78, 5) is 81.8. The first-order valence-electron chi connectivity index (χ1n) is 23.7. The van der Waals surface area contributed by atoms with Crippen LogP contribution in [0.4, 0.5) is 13.6 Å². The number of amides is 4. The number of rotatable bonds is 23. The van der Waals surface area contributed by atoms with Gasteiger partial charge in [0.25, 0.3) is 0 Å². The number of carbonyl (C=O) groups excluding carboxylic acids is 6. The molecule has 0 aliphatic heterocycles. The second-order valence-electron chi connectivity index (χ2n) is 21.3. The van der Waals surface area contributed by atoms with E-state index in [-0.39, 0.29) is 50.9 Å². The van der Waals surface area contributed by atoms with E-state index in [1.807, 2.05) is 41.8 Å². The number of aliphatic hydroxyl groups is 1. The van der Waals surface area contributed by atoms with Crippen LogP contribution in [0.25, 0.3) is 11.1 Å². The van der Waals surface area contributed by atoms with Gasteiger partial charge in [-0.15, -0.1) is 0 Å². The summed E-state index contributed by atoms with van der Waals surface area (Å²) in [7, 11) is -1.61. The highest BCUT2D eigenvalue weighted by molar-refractivity contribution is 6.76. The maximum atomic E-state index is 15.4. The van der Waals surface area contributed by atoms with Gasteiger partial charge in [-0.2, -0.15) is 0 Å². The number of nitrogens with zero attached hydrogens (tertiary/aromatic N) is 2. The fraction of sp³-hybridized carbons (Fsp3) is 0.569. The molecular weight excluding hydrogens is 909 g/mol. The van der Waals surface area contributed by atoms with E-state index >= 15 is 4.39 Å². The highest BCUT2D eigenvalue weighted by atomic mass is 28.3. The van der Waals surface area contributed by atoms with Crippen LogP contribution in [0.3, 0.4) is 0 Å². The lowest BCUT2D eigenvalue weighted by molar-refractivity contribution is -0.160. The maximum Gasteiger partial charge on any atom is 0.407 e. The zero-order chi connectivity index (χ0) is 51.3. The third kappa shape index (κ3) is 18.0. The maximum absolute atomic E-state index is 15.4. The predicted molar refractivity (Wildman–Crippen MR) is 260 cm³/mol. The molecule has 1 fully saturated rings. The van der Waals surface area contributed by atoms with Crippen molar-refractivity contribution in [1.82, 2.24) is 25.4 Å². The minimum Gasteiger partial charge on any atom is -0.460 e. The van der Waals surface area contributed by atoms with Gasteiger partial charge in [-0.25, -0.2) is 18.4 Å². The minimum atomic E-state index is -1.61. The van der Waals surface area contributed by atoms with Crippen molar-refractivity contribution in [2.45, 2.75) is 155 Å². The average Bonchev–Trinajstić information content (AvgIpc) is 3.63. The van der Waals surface area contributed by atoms with E-state index in [1.165, 1.54) is 4.90 Å². The summed E-state index contributed by atoms with van der Waals surface area (Å²) in [6, 6.07) is 11.9. The lowest BCUT2D eigenvalue weighted by atomic mass is 9.64. The Morgan fingerprint density at radius 2 is 1.54 bits per heavy atom. The number of hydrogen-bond donors (Lipinski definition) is 4. The van der Waals surface area contributed by atoms with Gasteiger partial charge in [-0.3, -0.25) is 19.2 Å². The zero-order valence-electron chi connectivity index (χ0n) is 42.0. The molecular formula is C51H73F2N5O10Si. The summed E-state index contributed by atoms with van der Waals surface area (Å²) in [5, 5.41) is 18.4. The fourth-order valence-electron chi connectivity index (χ4n) is 8.07. The topological polar surface area (TPSA) is 195 Å². The summed E-state index contributed by atoms with van der Waals surface area (Å²) in [6.07, 6.45) is 2.35. The van der Waals surface area contributed by atoms with Crippen LogP contribution in [0, 0.1) is 17.0 Å². The predicted octanol–water partition coefficient (Wildman–Crippen LogP) is 7.81. The Morgan fingerprint density at radius 1 is 0.870 bits per heavy atom. The first kappa shape index (κ1) is 56.0. The molecule has 0 unspecified atom stereocenters. The van der Waals surface area contributed by atoms with E-state index in [0.29, 0.717) is 36.7 Å². The van der Waals surface area contributed by atoms with Crippen LogP contribution < -0.4 is 16.0 Å². The quantitative estimate of drug-likeness (QED) is 0.0414. The lowest BCUT2D eigenvalue weighted by Crippen LogP contribution is -2.52. The number of ether oxygens (including phenoxy) is 3. The molecule has 380 valence electrons. The molecule has 1 saturated carbocycles. The Kier molecular flexibility index (Phi) is 19.7. The number of hydrogen-bond acceptors (Lipinski definition) is 10. The molecule has 0 bridgehead atoms. The van der Waals surface area contributed by atoms with Crippen molar-refractivity contribution >= 4 is 43.8 Å². The van der Waals surface area contributed by atoms with E-state index in [4.69, 9.17) is 14.2 Å². The summed E-state index contributed by atoms with van der Waals surface area (Å²) in [6.45, 7) is 17.7. The fourth-order valence-corrected chi connectivity index (χ4v) is 8.78.